The Bertz CT molecular complexity index is 896. The summed E-state index contributed by atoms with van der Waals surface area (Å²) >= 11 is 2.83. The summed E-state index contributed by atoms with van der Waals surface area (Å²) in [7, 11) is 1.84. The largest absolute Gasteiger partial charge is 0.486 e. The van der Waals surface area contributed by atoms with E-state index in [2.05, 4.69) is 9.98 Å². The average molecular weight is 363 g/mol. The van der Waals surface area contributed by atoms with Crippen LogP contribution in [0.1, 0.15) is 10.7 Å². The highest BCUT2D eigenvalue weighted by atomic mass is 32.1. The third-order valence-corrected chi connectivity index (χ3v) is 4.81. The number of halogens is 1. The molecule has 1 aromatic carbocycles. The molecular weight excluding hydrogens is 349 g/mol. The first kappa shape index (κ1) is 16.5. The predicted octanol–water partition coefficient (Wildman–Crippen LogP) is 2.93. The molecular formula is C16H14FN3O2S2. The topological polar surface area (TPSA) is 56.5 Å². The number of amides is 1. The van der Waals surface area contributed by atoms with E-state index >= 15 is 0 Å². The van der Waals surface area contributed by atoms with E-state index in [1.54, 1.807) is 16.7 Å². The van der Waals surface area contributed by atoms with Gasteiger partial charge in [0.05, 0.1) is 12.1 Å². The van der Waals surface area contributed by atoms with E-state index < -0.39 is 0 Å². The Morgan fingerprint density at radius 3 is 2.83 bits per heavy atom. The zero-order valence-corrected chi connectivity index (χ0v) is 14.4. The first-order valence-corrected chi connectivity index (χ1v) is 8.85. The third-order valence-electron chi connectivity index (χ3n) is 3.09. The Kier molecular flexibility index (Phi) is 5.17. The molecule has 0 saturated heterocycles. The van der Waals surface area contributed by atoms with Crippen LogP contribution in [-0.2, 0) is 24.9 Å². The fraction of sp³-hybridized carbons (Fsp3) is 0.188. The van der Waals surface area contributed by atoms with Gasteiger partial charge < -0.3 is 9.30 Å². The lowest BCUT2D eigenvalue weighted by atomic mass is 10.3. The van der Waals surface area contributed by atoms with E-state index in [4.69, 9.17) is 4.74 Å². The number of aryl methyl sites for hydroxylation is 1. The number of aromatic nitrogens is 2. The number of thiazole rings is 2. The van der Waals surface area contributed by atoms with Crippen molar-refractivity contribution < 1.29 is 13.9 Å². The molecule has 0 bridgehead atoms. The van der Waals surface area contributed by atoms with Gasteiger partial charge in [0.15, 0.2) is 4.80 Å². The van der Waals surface area contributed by atoms with Gasteiger partial charge in [-0.3, -0.25) is 4.79 Å². The van der Waals surface area contributed by atoms with Gasteiger partial charge in [0, 0.05) is 24.0 Å². The van der Waals surface area contributed by atoms with Crippen molar-refractivity contribution in [3.63, 3.8) is 0 Å². The summed E-state index contributed by atoms with van der Waals surface area (Å²) in [5.41, 5.74) is 0.672. The summed E-state index contributed by atoms with van der Waals surface area (Å²) in [5.74, 6) is 0.0362. The third kappa shape index (κ3) is 4.36. The Balaban J connectivity index is 1.58. The summed E-state index contributed by atoms with van der Waals surface area (Å²) in [5, 5.41) is 4.45. The van der Waals surface area contributed by atoms with Crippen LogP contribution in [0, 0.1) is 5.82 Å². The molecule has 24 heavy (non-hydrogen) atoms. The number of carbonyl (C=O) groups excluding carboxylic acids is 1. The van der Waals surface area contributed by atoms with E-state index in [-0.39, 0.29) is 24.8 Å². The number of ether oxygens (including phenoxy) is 1. The molecule has 0 radical (unpaired) electrons. The van der Waals surface area contributed by atoms with Crippen molar-refractivity contribution in [1.29, 1.82) is 0 Å². The minimum absolute atomic E-state index is 0.158. The van der Waals surface area contributed by atoms with Gasteiger partial charge in [-0.15, -0.1) is 22.7 Å². The molecule has 2 heterocycles. The molecule has 2 aromatic heterocycles. The van der Waals surface area contributed by atoms with Crippen LogP contribution in [0.3, 0.4) is 0 Å². The maximum atomic E-state index is 12.8. The molecule has 0 aliphatic heterocycles. The zero-order valence-electron chi connectivity index (χ0n) is 12.8. The van der Waals surface area contributed by atoms with Gasteiger partial charge >= 0.3 is 0 Å². The molecule has 0 N–H and O–H groups in total. The van der Waals surface area contributed by atoms with E-state index in [1.807, 2.05) is 24.0 Å². The summed E-state index contributed by atoms with van der Waals surface area (Å²) in [4.78, 5) is 21.1. The van der Waals surface area contributed by atoms with Gasteiger partial charge in [-0.2, -0.15) is 4.99 Å². The number of nitrogens with zero attached hydrogens (tertiary/aromatic N) is 3. The number of carbonyl (C=O) groups is 1. The molecule has 3 rings (SSSR count). The van der Waals surface area contributed by atoms with Gasteiger partial charge in [0.25, 0.3) is 5.91 Å². The maximum Gasteiger partial charge on any atom is 0.254 e. The molecule has 5 nitrogen and oxygen atoms in total. The van der Waals surface area contributed by atoms with E-state index in [9.17, 15) is 9.18 Å². The van der Waals surface area contributed by atoms with Crippen LogP contribution < -0.4 is 9.54 Å². The second-order valence-electron chi connectivity index (χ2n) is 4.95. The second-order valence-corrected chi connectivity index (χ2v) is 6.77. The lowest BCUT2D eigenvalue weighted by molar-refractivity contribution is -0.117. The fourth-order valence-corrected chi connectivity index (χ4v) is 3.36. The van der Waals surface area contributed by atoms with Crippen LogP contribution in [0.5, 0.6) is 5.75 Å². The highest BCUT2D eigenvalue weighted by molar-refractivity contribution is 7.09. The van der Waals surface area contributed by atoms with E-state index in [1.165, 1.54) is 34.8 Å². The van der Waals surface area contributed by atoms with Crippen molar-refractivity contribution in [2.45, 2.75) is 13.0 Å². The summed E-state index contributed by atoms with van der Waals surface area (Å²) < 4.78 is 20.2. The van der Waals surface area contributed by atoms with Crippen molar-refractivity contribution in [3.8, 4) is 5.75 Å². The average Bonchev–Trinajstić information content (AvgIpc) is 3.16. The van der Waals surface area contributed by atoms with Gasteiger partial charge in [-0.1, -0.05) is 0 Å². The molecule has 0 spiro atoms. The van der Waals surface area contributed by atoms with Crippen molar-refractivity contribution >= 4 is 28.6 Å². The van der Waals surface area contributed by atoms with Crippen molar-refractivity contribution in [2.75, 3.05) is 0 Å². The SMILES string of the molecule is Cn1ccsc1=NC(=O)Cc1csc(COc2ccc(F)cc2)n1. The summed E-state index contributed by atoms with van der Waals surface area (Å²) in [6.07, 6.45) is 2.01. The second kappa shape index (κ2) is 7.50. The first-order chi connectivity index (χ1) is 11.6. The Labute approximate surface area is 145 Å². The molecule has 0 saturated carbocycles. The van der Waals surface area contributed by atoms with E-state index in [0.717, 1.165) is 5.01 Å². The lowest BCUT2D eigenvalue weighted by Crippen LogP contribution is -2.13. The summed E-state index contributed by atoms with van der Waals surface area (Å²) in [6.45, 7) is 0.279. The predicted molar refractivity (Wildman–Crippen MR) is 90.4 cm³/mol. The highest BCUT2D eigenvalue weighted by Gasteiger charge is 2.08. The van der Waals surface area contributed by atoms with Crippen LogP contribution >= 0.6 is 22.7 Å². The van der Waals surface area contributed by atoms with Gasteiger partial charge in [-0.05, 0) is 24.3 Å². The highest BCUT2D eigenvalue weighted by Crippen LogP contribution is 2.16. The molecule has 0 unspecified atom stereocenters. The number of hydrogen-bond donors (Lipinski definition) is 0. The van der Waals surface area contributed by atoms with Crippen molar-refractivity contribution in [1.82, 2.24) is 9.55 Å². The monoisotopic (exact) mass is 363 g/mol. The Morgan fingerprint density at radius 1 is 1.33 bits per heavy atom. The molecule has 0 aliphatic rings. The van der Waals surface area contributed by atoms with Crippen molar-refractivity contribution in [2.24, 2.45) is 12.0 Å². The molecule has 0 atom stereocenters. The number of hydrogen-bond acceptors (Lipinski definition) is 5. The van der Waals surface area contributed by atoms with Crippen LogP contribution in [0.2, 0.25) is 0 Å². The minimum Gasteiger partial charge on any atom is -0.486 e. The van der Waals surface area contributed by atoms with Crippen molar-refractivity contribution in [3.05, 3.63) is 62.5 Å². The molecule has 8 heteroatoms. The maximum absolute atomic E-state index is 12.8. The normalized spacial score (nSPS) is 11.7. The molecule has 124 valence electrons. The molecule has 0 aliphatic carbocycles. The van der Waals surface area contributed by atoms with Crippen LogP contribution in [0.15, 0.2) is 46.2 Å². The zero-order chi connectivity index (χ0) is 16.9. The van der Waals surface area contributed by atoms with E-state index in [0.29, 0.717) is 16.2 Å². The molecule has 3 aromatic rings. The fourth-order valence-electron chi connectivity index (χ4n) is 1.91. The minimum atomic E-state index is -0.305. The standard InChI is InChI=1S/C16H14FN3O2S2/c1-20-6-7-23-16(20)19-14(21)8-12-10-24-15(18-12)9-22-13-4-2-11(17)3-5-13/h2-7,10H,8-9H2,1H3. The summed E-state index contributed by atoms with van der Waals surface area (Å²) in [6, 6.07) is 5.81. The van der Waals surface area contributed by atoms with Crippen LogP contribution in [-0.4, -0.2) is 15.5 Å². The van der Waals surface area contributed by atoms with Crippen LogP contribution in [0.25, 0.3) is 0 Å². The quantitative estimate of drug-likeness (QED) is 0.700. The number of rotatable bonds is 5. The van der Waals surface area contributed by atoms with Crippen LogP contribution in [0.4, 0.5) is 4.39 Å². The Morgan fingerprint density at radius 2 is 2.12 bits per heavy atom. The van der Waals surface area contributed by atoms with Gasteiger partial charge in [0.2, 0.25) is 0 Å². The molecule has 0 fully saturated rings. The lowest BCUT2D eigenvalue weighted by Gasteiger charge is -2.03. The molecule has 1 amide bonds. The van der Waals surface area contributed by atoms with Gasteiger partial charge in [0.1, 0.15) is 23.2 Å². The Hall–Kier alpha value is -2.32. The number of benzene rings is 1. The first-order valence-electron chi connectivity index (χ1n) is 7.09. The smallest absolute Gasteiger partial charge is 0.254 e. The van der Waals surface area contributed by atoms with Gasteiger partial charge in [-0.25, -0.2) is 9.37 Å².